The van der Waals surface area contributed by atoms with Gasteiger partial charge < -0.3 is 14.3 Å². The van der Waals surface area contributed by atoms with E-state index in [2.05, 4.69) is 0 Å². The molecular formula is C19H16O5. The summed E-state index contributed by atoms with van der Waals surface area (Å²) in [6.07, 6.45) is -0.222. The second kappa shape index (κ2) is 6.20. The van der Waals surface area contributed by atoms with Crippen LogP contribution in [-0.2, 0) is 11.2 Å². The van der Waals surface area contributed by atoms with Gasteiger partial charge in [0.25, 0.3) is 0 Å². The van der Waals surface area contributed by atoms with E-state index < -0.39 is 5.97 Å². The van der Waals surface area contributed by atoms with Crippen molar-refractivity contribution < 1.29 is 19.1 Å². The molecular weight excluding hydrogens is 308 g/mol. The Kier molecular flexibility index (Phi) is 4.08. The molecule has 1 aromatic heterocycles. The Morgan fingerprint density at radius 2 is 1.96 bits per heavy atom. The number of carboxylic acid groups (broad SMARTS) is 1. The van der Waals surface area contributed by atoms with E-state index in [1.54, 1.807) is 18.2 Å². The SMILES string of the molecule is COc1c(-c2cccc(C)c2)oc2c(CC(=O)O)cccc2c1=O. The molecule has 0 saturated heterocycles. The van der Waals surface area contributed by atoms with Crippen molar-refractivity contribution in [2.24, 2.45) is 0 Å². The fraction of sp³-hybridized carbons (Fsp3) is 0.158. The predicted octanol–water partition coefficient (Wildman–Crippen LogP) is 3.40. The fourth-order valence-corrected chi connectivity index (χ4v) is 2.72. The number of carboxylic acids is 1. The topological polar surface area (TPSA) is 76.7 Å². The summed E-state index contributed by atoms with van der Waals surface area (Å²) in [6.45, 7) is 1.94. The average molecular weight is 324 g/mol. The smallest absolute Gasteiger partial charge is 0.307 e. The van der Waals surface area contributed by atoms with Gasteiger partial charge >= 0.3 is 5.97 Å². The van der Waals surface area contributed by atoms with Crippen LogP contribution in [0.3, 0.4) is 0 Å². The number of ether oxygens (including phenoxy) is 1. The van der Waals surface area contributed by atoms with E-state index in [9.17, 15) is 9.59 Å². The van der Waals surface area contributed by atoms with E-state index in [4.69, 9.17) is 14.3 Å². The normalized spacial score (nSPS) is 10.8. The van der Waals surface area contributed by atoms with E-state index in [-0.39, 0.29) is 23.2 Å². The third kappa shape index (κ3) is 2.76. The number of hydrogen-bond donors (Lipinski definition) is 1. The van der Waals surface area contributed by atoms with Crippen molar-refractivity contribution >= 4 is 16.9 Å². The summed E-state index contributed by atoms with van der Waals surface area (Å²) in [4.78, 5) is 23.8. The van der Waals surface area contributed by atoms with Crippen LogP contribution in [0.4, 0.5) is 0 Å². The predicted molar refractivity (Wildman–Crippen MR) is 90.5 cm³/mol. The number of benzene rings is 2. The summed E-state index contributed by atoms with van der Waals surface area (Å²) >= 11 is 0. The van der Waals surface area contributed by atoms with Crippen molar-refractivity contribution in [1.82, 2.24) is 0 Å². The molecule has 0 bridgehead atoms. The van der Waals surface area contributed by atoms with Gasteiger partial charge in [0.1, 0.15) is 5.58 Å². The van der Waals surface area contributed by atoms with Crippen LogP contribution in [0.2, 0.25) is 0 Å². The largest absolute Gasteiger partial charge is 0.490 e. The molecule has 1 heterocycles. The first-order chi connectivity index (χ1) is 11.5. The number of aliphatic carboxylic acids is 1. The molecule has 1 N–H and O–H groups in total. The van der Waals surface area contributed by atoms with E-state index in [0.29, 0.717) is 22.3 Å². The maximum atomic E-state index is 12.7. The molecule has 122 valence electrons. The quantitative estimate of drug-likeness (QED) is 0.796. The van der Waals surface area contributed by atoms with Crippen molar-refractivity contribution in [1.29, 1.82) is 0 Å². The second-order valence-corrected chi connectivity index (χ2v) is 5.53. The monoisotopic (exact) mass is 324 g/mol. The standard InChI is InChI=1S/C19H16O5/c1-11-5-3-6-12(9-11)18-19(23-2)16(22)14-8-4-7-13(10-15(20)21)17(14)24-18/h3-9H,10H2,1-2H3,(H,20,21). The van der Waals surface area contributed by atoms with Gasteiger partial charge in [-0.3, -0.25) is 9.59 Å². The highest BCUT2D eigenvalue weighted by Crippen LogP contribution is 2.32. The Morgan fingerprint density at radius 3 is 2.62 bits per heavy atom. The highest BCUT2D eigenvalue weighted by atomic mass is 16.5. The van der Waals surface area contributed by atoms with Gasteiger partial charge in [0, 0.05) is 11.1 Å². The molecule has 2 aromatic carbocycles. The molecule has 0 saturated carbocycles. The van der Waals surface area contributed by atoms with Crippen molar-refractivity contribution in [3.8, 4) is 17.1 Å². The van der Waals surface area contributed by atoms with E-state index in [1.165, 1.54) is 7.11 Å². The molecule has 0 aliphatic rings. The maximum absolute atomic E-state index is 12.7. The average Bonchev–Trinajstić information content (AvgIpc) is 2.55. The third-order valence-corrected chi connectivity index (χ3v) is 3.78. The first kappa shape index (κ1) is 15.8. The summed E-state index contributed by atoms with van der Waals surface area (Å²) in [5.74, 6) is -0.574. The molecule has 0 fully saturated rings. The second-order valence-electron chi connectivity index (χ2n) is 5.53. The fourth-order valence-electron chi connectivity index (χ4n) is 2.72. The van der Waals surface area contributed by atoms with Gasteiger partial charge in [0.05, 0.1) is 18.9 Å². The first-order valence-electron chi connectivity index (χ1n) is 7.42. The Morgan fingerprint density at radius 1 is 1.21 bits per heavy atom. The summed E-state index contributed by atoms with van der Waals surface area (Å²) in [6, 6.07) is 12.4. The Balaban J connectivity index is 2.36. The van der Waals surface area contributed by atoms with Gasteiger partial charge in [-0.15, -0.1) is 0 Å². The number of fused-ring (bicyclic) bond motifs is 1. The van der Waals surface area contributed by atoms with Crippen molar-refractivity contribution in [2.45, 2.75) is 13.3 Å². The van der Waals surface area contributed by atoms with Gasteiger partial charge in [-0.1, -0.05) is 35.9 Å². The lowest BCUT2D eigenvalue weighted by atomic mass is 10.0. The van der Waals surface area contributed by atoms with Crippen LogP contribution in [-0.4, -0.2) is 18.2 Å². The van der Waals surface area contributed by atoms with Crippen LogP contribution in [0.25, 0.3) is 22.3 Å². The molecule has 0 unspecified atom stereocenters. The van der Waals surface area contributed by atoms with Gasteiger partial charge in [-0.2, -0.15) is 0 Å². The van der Waals surface area contributed by atoms with Crippen molar-refractivity contribution in [2.75, 3.05) is 7.11 Å². The molecule has 0 radical (unpaired) electrons. The molecule has 5 heteroatoms. The van der Waals surface area contributed by atoms with E-state index in [0.717, 1.165) is 5.56 Å². The maximum Gasteiger partial charge on any atom is 0.307 e. The van der Waals surface area contributed by atoms with E-state index in [1.807, 2.05) is 31.2 Å². The van der Waals surface area contributed by atoms with Crippen LogP contribution >= 0.6 is 0 Å². The number of para-hydroxylation sites is 1. The zero-order valence-corrected chi connectivity index (χ0v) is 13.3. The highest BCUT2D eigenvalue weighted by molar-refractivity contribution is 5.87. The zero-order valence-electron chi connectivity index (χ0n) is 13.3. The van der Waals surface area contributed by atoms with E-state index >= 15 is 0 Å². The van der Waals surface area contributed by atoms with Gasteiger partial charge in [-0.25, -0.2) is 0 Å². The molecule has 0 atom stereocenters. The lowest BCUT2D eigenvalue weighted by Crippen LogP contribution is -2.09. The summed E-state index contributed by atoms with van der Waals surface area (Å²) < 4.78 is 11.2. The molecule has 3 rings (SSSR count). The van der Waals surface area contributed by atoms with Crippen LogP contribution in [0, 0.1) is 6.92 Å². The molecule has 0 spiro atoms. The van der Waals surface area contributed by atoms with Crippen LogP contribution in [0.15, 0.2) is 51.7 Å². The summed E-state index contributed by atoms with van der Waals surface area (Å²) in [5.41, 5.74) is 2.13. The Hall–Kier alpha value is -3.08. The lowest BCUT2D eigenvalue weighted by Gasteiger charge is -2.11. The summed E-state index contributed by atoms with van der Waals surface area (Å²) in [7, 11) is 1.42. The Labute approximate surface area is 138 Å². The minimum Gasteiger partial charge on any atom is -0.490 e. The third-order valence-electron chi connectivity index (χ3n) is 3.78. The van der Waals surface area contributed by atoms with Crippen molar-refractivity contribution in [3.63, 3.8) is 0 Å². The zero-order chi connectivity index (χ0) is 17.3. The molecule has 5 nitrogen and oxygen atoms in total. The highest BCUT2D eigenvalue weighted by Gasteiger charge is 2.19. The number of rotatable bonds is 4. The number of methoxy groups -OCH3 is 1. The minimum atomic E-state index is -0.988. The molecule has 0 amide bonds. The van der Waals surface area contributed by atoms with Crippen LogP contribution < -0.4 is 10.2 Å². The lowest BCUT2D eigenvalue weighted by molar-refractivity contribution is -0.136. The Bertz CT molecular complexity index is 985. The number of carbonyl (C=O) groups is 1. The van der Waals surface area contributed by atoms with Gasteiger partial charge in [-0.05, 0) is 19.1 Å². The van der Waals surface area contributed by atoms with Gasteiger partial charge in [0.15, 0.2) is 5.76 Å². The molecule has 24 heavy (non-hydrogen) atoms. The number of hydrogen-bond acceptors (Lipinski definition) is 4. The van der Waals surface area contributed by atoms with Crippen LogP contribution in [0.1, 0.15) is 11.1 Å². The molecule has 0 aliphatic heterocycles. The van der Waals surface area contributed by atoms with Gasteiger partial charge in [0.2, 0.25) is 11.2 Å². The first-order valence-corrected chi connectivity index (χ1v) is 7.42. The minimum absolute atomic E-state index is 0.112. The molecule has 3 aromatic rings. The van der Waals surface area contributed by atoms with Crippen molar-refractivity contribution in [3.05, 3.63) is 63.8 Å². The summed E-state index contributed by atoms with van der Waals surface area (Å²) in [5, 5.41) is 9.38. The van der Waals surface area contributed by atoms with Crippen LogP contribution in [0.5, 0.6) is 5.75 Å². The number of aryl methyl sites for hydroxylation is 1. The molecule has 0 aliphatic carbocycles.